The van der Waals surface area contributed by atoms with E-state index in [9.17, 15) is 4.79 Å². The molecule has 29 heavy (non-hydrogen) atoms. The molecule has 0 saturated carbocycles. The Morgan fingerprint density at radius 1 is 1.31 bits per heavy atom. The van der Waals surface area contributed by atoms with Crippen LogP contribution in [0.25, 0.3) is 0 Å². The van der Waals surface area contributed by atoms with Gasteiger partial charge in [-0.3, -0.25) is 9.69 Å². The summed E-state index contributed by atoms with van der Waals surface area (Å²) in [7, 11) is 0. The van der Waals surface area contributed by atoms with Crippen LogP contribution in [0.3, 0.4) is 0 Å². The highest BCUT2D eigenvalue weighted by Crippen LogP contribution is 2.26. The monoisotopic (exact) mass is 412 g/mol. The van der Waals surface area contributed by atoms with Crippen molar-refractivity contribution in [1.29, 1.82) is 0 Å². The van der Waals surface area contributed by atoms with E-state index in [0.717, 1.165) is 30.3 Å². The molecule has 1 fully saturated rings. The average molecular weight is 413 g/mol. The molecule has 3 aromatic rings. The Morgan fingerprint density at radius 2 is 2.17 bits per heavy atom. The molecule has 8 heteroatoms. The van der Waals surface area contributed by atoms with Crippen molar-refractivity contribution in [2.75, 3.05) is 19.6 Å². The molecule has 4 rings (SSSR count). The third kappa shape index (κ3) is 4.89. The third-order valence-corrected chi connectivity index (χ3v) is 6.00. The van der Waals surface area contributed by atoms with Crippen molar-refractivity contribution < 1.29 is 13.7 Å². The zero-order valence-electron chi connectivity index (χ0n) is 16.3. The van der Waals surface area contributed by atoms with Crippen LogP contribution in [0.4, 0.5) is 0 Å². The molecule has 0 aliphatic carbocycles. The van der Waals surface area contributed by atoms with E-state index in [1.54, 1.807) is 24.6 Å². The van der Waals surface area contributed by atoms with Crippen LogP contribution >= 0.6 is 11.8 Å². The summed E-state index contributed by atoms with van der Waals surface area (Å²) in [6.45, 7) is 4.39. The Balaban J connectivity index is 1.42. The number of aromatic nitrogens is 2. The lowest BCUT2D eigenvalue weighted by Crippen LogP contribution is -2.36. The van der Waals surface area contributed by atoms with Crippen molar-refractivity contribution >= 4 is 17.7 Å². The number of likely N-dealkylation sites (tertiary alicyclic amines) is 1. The molecule has 7 nitrogen and oxygen atoms in total. The molecule has 0 unspecified atom stereocenters. The first-order chi connectivity index (χ1) is 14.2. The van der Waals surface area contributed by atoms with E-state index in [1.807, 2.05) is 25.1 Å². The standard InChI is InChI=1S/C21H24N4O3S/c1-15-12-16(24-28-15)14-29-21-17(6-4-8-22-21)20(26)23-13-18(19-7-5-11-27-19)25-9-2-3-10-25/h4-8,11-12,18H,2-3,9-10,13-14H2,1H3,(H,23,26)/t18-/m1/s1. The van der Waals surface area contributed by atoms with E-state index in [2.05, 4.69) is 20.4 Å². The highest BCUT2D eigenvalue weighted by atomic mass is 32.2. The normalized spacial score (nSPS) is 15.5. The van der Waals surface area contributed by atoms with Gasteiger partial charge >= 0.3 is 0 Å². The number of nitrogens with zero attached hydrogens (tertiary/aromatic N) is 3. The Morgan fingerprint density at radius 3 is 2.90 bits per heavy atom. The first-order valence-corrected chi connectivity index (χ1v) is 10.7. The molecule has 1 amide bonds. The fraction of sp³-hybridized carbons (Fsp3) is 0.381. The second-order valence-corrected chi connectivity index (χ2v) is 8.02. The smallest absolute Gasteiger partial charge is 0.254 e. The minimum atomic E-state index is -0.132. The molecule has 1 aliphatic rings. The molecule has 4 heterocycles. The second kappa shape index (κ2) is 9.28. The van der Waals surface area contributed by atoms with Gasteiger partial charge in [0.1, 0.15) is 16.5 Å². The number of pyridine rings is 1. The quantitative estimate of drug-likeness (QED) is 0.563. The molecule has 0 bridgehead atoms. The number of carbonyl (C=O) groups excluding carboxylic acids is 1. The Labute approximate surface area is 173 Å². The average Bonchev–Trinajstić information content (AvgIpc) is 3.50. The summed E-state index contributed by atoms with van der Waals surface area (Å²) >= 11 is 1.48. The molecular weight excluding hydrogens is 388 g/mol. The van der Waals surface area contributed by atoms with Crippen LogP contribution in [0.1, 0.15) is 46.5 Å². The van der Waals surface area contributed by atoms with Gasteiger partial charge in [0, 0.05) is 24.6 Å². The maximum absolute atomic E-state index is 12.9. The highest BCUT2D eigenvalue weighted by molar-refractivity contribution is 7.98. The van der Waals surface area contributed by atoms with Crippen molar-refractivity contribution in [3.63, 3.8) is 0 Å². The van der Waals surface area contributed by atoms with Gasteiger partial charge in [-0.05, 0) is 57.1 Å². The molecule has 0 spiro atoms. The number of rotatable bonds is 8. The molecule has 3 aromatic heterocycles. The summed E-state index contributed by atoms with van der Waals surface area (Å²) in [4.78, 5) is 19.7. The van der Waals surface area contributed by atoms with E-state index < -0.39 is 0 Å². The van der Waals surface area contributed by atoms with Crippen molar-refractivity contribution in [3.05, 3.63) is 65.6 Å². The van der Waals surface area contributed by atoms with Gasteiger partial charge in [0.25, 0.3) is 5.91 Å². The minimum Gasteiger partial charge on any atom is -0.468 e. The lowest BCUT2D eigenvalue weighted by Gasteiger charge is -2.26. The fourth-order valence-electron chi connectivity index (χ4n) is 3.54. The number of aryl methyl sites for hydroxylation is 1. The molecular formula is C21H24N4O3S. The first kappa shape index (κ1) is 19.7. The van der Waals surface area contributed by atoms with Crippen LogP contribution in [0.15, 0.2) is 56.8 Å². The number of hydrogen-bond donors (Lipinski definition) is 1. The number of nitrogens with one attached hydrogen (secondary N) is 1. The summed E-state index contributed by atoms with van der Waals surface area (Å²) in [6, 6.07) is 9.38. The number of thioether (sulfide) groups is 1. The van der Waals surface area contributed by atoms with Crippen molar-refractivity contribution in [3.8, 4) is 0 Å². The summed E-state index contributed by atoms with van der Waals surface area (Å²) < 4.78 is 10.7. The molecule has 1 saturated heterocycles. The summed E-state index contributed by atoms with van der Waals surface area (Å²) in [5.41, 5.74) is 1.40. The third-order valence-electron chi connectivity index (χ3n) is 4.96. The van der Waals surface area contributed by atoms with E-state index in [1.165, 1.54) is 24.6 Å². The van der Waals surface area contributed by atoms with E-state index >= 15 is 0 Å². The van der Waals surface area contributed by atoms with Crippen LogP contribution in [-0.4, -0.2) is 40.6 Å². The number of carbonyl (C=O) groups is 1. The van der Waals surface area contributed by atoms with Crippen LogP contribution in [0, 0.1) is 6.92 Å². The Kier molecular flexibility index (Phi) is 6.31. The van der Waals surface area contributed by atoms with Crippen molar-refractivity contribution in [2.45, 2.75) is 36.6 Å². The van der Waals surface area contributed by atoms with Crippen LogP contribution in [0.5, 0.6) is 0 Å². The Hall–Kier alpha value is -2.58. The topological polar surface area (TPSA) is 84.4 Å². The summed E-state index contributed by atoms with van der Waals surface area (Å²) in [5, 5.41) is 7.76. The van der Waals surface area contributed by atoms with E-state index in [4.69, 9.17) is 8.94 Å². The van der Waals surface area contributed by atoms with Crippen LogP contribution in [-0.2, 0) is 5.75 Å². The largest absolute Gasteiger partial charge is 0.468 e. The number of furan rings is 1. The number of hydrogen-bond acceptors (Lipinski definition) is 7. The van der Waals surface area contributed by atoms with Crippen molar-refractivity contribution in [2.24, 2.45) is 0 Å². The highest BCUT2D eigenvalue weighted by Gasteiger charge is 2.26. The van der Waals surface area contributed by atoms with E-state index in [-0.39, 0.29) is 11.9 Å². The first-order valence-electron chi connectivity index (χ1n) is 9.76. The summed E-state index contributed by atoms with van der Waals surface area (Å²) in [6.07, 6.45) is 5.73. The van der Waals surface area contributed by atoms with Gasteiger partial charge in [-0.2, -0.15) is 0 Å². The van der Waals surface area contributed by atoms with Crippen LogP contribution in [0.2, 0.25) is 0 Å². The zero-order chi connectivity index (χ0) is 20.1. The lowest BCUT2D eigenvalue weighted by atomic mass is 10.2. The molecule has 1 atom stereocenters. The van der Waals surface area contributed by atoms with Crippen molar-refractivity contribution in [1.82, 2.24) is 20.4 Å². The second-order valence-electron chi connectivity index (χ2n) is 7.06. The van der Waals surface area contributed by atoms with Gasteiger partial charge in [-0.15, -0.1) is 0 Å². The minimum absolute atomic E-state index is 0.0438. The van der Waals surface area contributed by atoms with Gasteiger partial charge in [0.05, 0.1) is 23.6 Å². The van der Waals surface area contributed by atoms with Gasteiger partial charge < -0.3 is 14.3 Å². The summed E-state index contributed by atoms with van der Waals surface area (Å²) in [5.74, 6) is 2.12. The van der Waals surface area contributed by atoms with Gasteiger partial charge in [0.15, 0.2) is 0 Å². The molecule has 0 radical (unpaired) electrons. The maximum Gasteiger partial charge on any atom is 0.254 e. The molecule has 1 aliphatic heterocycles. The lowest BCUT2D eigenvalue weighted by molar-refractivity contribution is 0.0930. The molecule has 0 aromatic carbocycles. The SMILES string of the molecule is Cc1cc(CSc2ncccc2C(=O)NC[C@H](c2ccco2)N2CCCC2)no1. The van der Waals surface area contributed by atoms with Gasteiger partial charge in [-0.1, -0.05) is 16.9 Å². The predicted molar refractivity (Wildman–Crippen MR) is 110 cm³/mol. The number of amides is 1. The van der Waals surface area contributed by atoms with E-state index in [0.29, 0.717) is 22.9 Å². The van der Waals surface area contributed by atoms with Crippen LogP contribution < -0.4 is 5.32 Å². The molecule has 1 N–H and O–H groups in total. The zero-order valence-corrected chi connectivity index (χ0v) is 17.2. The Bertz CT molecular complexity index is 935. The van der Waals surface area contributed by atoms with Gasteiger partial charge in [0.2, 0.25) is 0 Å². The fourth-order valence-corrected chi connectivity index (χ4v) is 4.41. The van der Waals surface area contributed by atoms with Gasteiger partial charge in [-0.25, -0.2) is 4.98 Å². The maximum atomic E-state index is 12.9. The molecule has 152 valence electrons. The predicted octanol–water partition coefficient (Wildman–Crippen LogP) is 3.83.